The third-order valence-corrected chi connectivity index (χ3v) is 5.11. The highest BCUT2D eigenvalue weighted by molar-refractivity contribution is 6.06. The fraction of sp³-hybridized carbons (Fsp3) is 0.174. The van der Waals surface area contributed by atoms with Crippen molar-refractivity contribution < 1.29 is 38.1 Å². The lowest BCUT2D eigenvalue weighted by Gasteiger charge is -2.33. The van der Waals surface area contributed by atoms with E-state index in [4.69, 9.17) is 0 Å². The summed E-state index contributed by atoms with van der Waals surface area (Å²) in [5.74, 6) is -0.339. The number of hydrogen-bond donors (Lipinski definition) is 1. The van der Waals surface area contributed by atoms with Crippen LogP contribution in [0.4, 0.5) is 11.4 Å². The molecule has 2 amide bonds. The SMILES string of the molecule is Cc1ccccc1NC(=O)C1c2cccc[n+]2CC(=O)N1c1ccccc1C.[I-]. The van der Waals surface area contributed by atoms with Crippen LogP contribution in [0.5, 0.6) is 0 Å². The van der Waals surface area contributed by atoms with Crippen LogP contribution in [0.25, 0.3) is 0 Å². The molecule has 1 unspecified atom stereocenters. The van der Waals surface area contributed by atoms with E-state index in [1.54, 1.807) is 4.90 Å². The number of pyridine rings is 1. The van der Waals surface area contributed by atoms with E-state index in [0.717, 1.165) is 28.2 Å². The molecule has 1 aromatic heterocycles. The van der Waals surface area contributed by atoms with Gasteiger partial charge in [0.25, 0.3) is 11.8 Å². The van der Waals surface area contributed by atoms with Gasteiger partial charge in [0.05, 0.1) is 0 Å². The average molecular weight is 499 g/mol. The molecule has 0 saturated heterocycles. The van der Waals surface area contributed by atoms with E-state index in [1.165, 1.54) is 0 Å². The van der Waals surface area contributed by atoms with Gasteiger partial charge in [0.1, 0.15) is 0 Å². The predicted octanol–water partition coefficient (Wildman–Crippen LogP) is 0.322. The molecule has 0 radical (unpaired) electrons. The second-order valence-electron chi connectivity index (χ2n) is 7.01. The van der Waals surface area contributed by atoms with Crippen molar-refractivity contribution in [2.75, 3.05) is 10.2 Å². The first-order valence-corrected chi connectivity index (χ1v) is 9.29. The van der Waals surface area contributed by atoms with Crippen molar-refractivity contribution in [2.24, 2.45) is 0 Å². The summed E-state index contributed by atoms with van der Waals surface area (Å²) in [5, 5.41) is 3.01. The first-order valence-electron chi connectivity index (χ1n) is 9.29. The van der Waals surface area contributed by atoms with E-state index in [1.807, 2.05) is 91.3 Å². The van der Waals surface area contributed by atoms with Crippen molar-refractivity contribution in [3.63, 3.8) is 0 Å². The van der Waals surface area contributed by atoms with Gasteiger partial charge in [-0.2, -0.15) is 4.57 Å². The number of carbonyl (C=O) groups excluding carboxylic acids is 2. The minimum atomic E-state index is -0.747. The van der Waals surface area contributed by atoms with Gasteiger partial charge in [-0.3, -0.25) is 14.5 Å². The molecule has 29 heavy (non-hydrogen) atoms. The maximum atomic E-state index is 13.4. The normalized spacial score (nSPS) is 15.3. The van der Waals surface area contributed by atoms with Crippen LogP contribution >= 0.6 is 0 Å². The molecular formula is C23H22IN3O2. The van der Waals surface area contributed by atoms with E-state index in [0.29, 0.717) is 0 Å². The number of halogens is 1. The summed E-state index contributed by atoms with van der Waals surface area (Å²) in [6.45, 7) is 4.11. The number of anilines is 2. The number of hydrogen-bond acceptors (Lipinski definition) is 2. The van der Waals surface area contributed by atoms with Crippen LogP contribution in [0.2, 0.25) is 0 Å². The molecule has 0 spiro atoms. The molecule has 0 aliphatic carbocycles. The zero-order valence-corrected chi connectivity index (χ0v) is 18.5. The van der Waals surface area contributed by atoms with Gasteiger partial charge in [-0.05, 0) is 37.1 Å². The Labute approximate surface area is 187 Å². The molecule has 1 aliphatic rings. The Balaban J connectivity index is 0.00000240. The third-order valence-electron chi connectivity index (χ3n) is 5.11. The Bertz CT molecular complexity index is 1070. The molecule has 2 aromatic carbocycles. The minimum absolute atomic E-state index is 0. The zero-order chi connectivity index (χ0) is 19.7. The molecule has 1 atom stereocenters. The van der Waals surface area contributed by atoms with Crippen molar-refractivity contribution in [2.45, 2.75) is 26.4 Å². The number of fused-ring (bicyclic) bond motifs is 1. The van der Waals surface area contributed by atoms with Crippen molar-refractivity contribution in [1.29, 1.82) is 0 Å². The van der Waals surface area contributed by atoms with Gasteiger partial charge >= 0.3 is 0 Å². The lowest BCUT2D eigenvalue weighted by Crippen LogP contribution is -3.00. The minimum Gasteiger partial charge on any atom is -1.00 e. The maximum absolute atomic E-state index is 13.4. The van der Waals surface area contributed by atoms with E-state index in [-0.39, 0.29) is 42.3 Å². The molecule has 1 N–H and O–H groups in total. The second kappa shape index (κ2) is 8.73. The highest BCUT2D eigenvalue weighted by Gasteiger charge is 2.44. The number of aromatic nitrogens is 1. The molecule has 148 valence electrons. The lowest BCUT2D eigenvalue weighted by atomic mass is 10.0. The number of nitrogens with one attached hydrogen (secondary N) is 1. The molecule has 4 rings (SSSR count). The Morgan fingerprint density at radius 1 is 0.966 bits per heavy atom. The van der Waals surface area contributed by atoms with E-state index >= 15 is 0 Å². The standard InChI is InChI=1S/C23H21N3O2.HI/c1-16-9-3-5-11-18(16)24-23(28)22-20-13-7-8-14-25(20)15-21(27)26(22)19-12-6-4-10-17(19)2;/h3-14,22H,15H2,1-2H3;1H. The van der Waals surface area contributed by atoms with Crippen molar-refractivity contribution in [1.82, 2.24) is 0 Å². The van der Waals surface area contributed by atoms with Crippen molar-refractivity contribution in [3.8, 4) is 0 Å². The number of aryl methyl sites for hydroxylation is 2. The van der Waals surface area contributed by atoms with Crippen molar-refractivity contribution in [3.05, 3.63) is 89.7 Å². The average Bonchev–Trinajstić information content (AvgIpc) is 2.69. The lowest BCUT2D eigenvalue weighted by molar-refractivity contribution is -0.695. The summed E-state index contributed by atoms with van der Waals surface area (Å²) in [6, 6.07) is 20.2. The molecule has 6 heteroatoms. The van der Waals surface area contributed by atoms with Gasteiger partial charge in [0, 0.05) is 23.5 Å². The van der Waals surface area contributed by atoms with Gasteiger partial charge in [-0.1, -0.05) is 42.5 Å². The number of para-hydroxylation sites is 2. The van der Waals surface area contributed by atoms with Crippen LogP contribution in [-0.4, -0.2) is 11.8 Å². The molecule has 0 saturated carbocycles. The number of carbonyl (C=O) groups is 2. The monoisotopic (exact) mass is 499 g/mol. The largest absolute Gasteiger partial charge is 1.00 e. The summed E-state index contributed by atoms with van der Waals surface area (Å²) < 4.78 is 1.85. The molecule has 0 fully saturated rings. The highest BCUT2D eigenvalue weighted by Crippen LogP contribution is 2.32. The van der Waals surface area contributed by atoms with Gasteiger partial charge in [-0.15, -0.1) is 0 Å². The Morgan fingerprint density at radius 3 is 2.34 bits per heavy atom. The molecule has 0 bridgehead atoms. The second-order valence-corrected chi connectivity index (χ2v) is 7.01. The molecular weight excluding hydrogens is 477 g/mol. The Morgan fingerprint density at radius 2 is 1.62 bits per heavy atom. The summed E-state index contributed by atoms with van der Waals surface area (Å²) in [7, 11) is 0. The van der Waals surface area contributed by atoms with Gasteiger partial charge in [0.15, 0.2) is 6.20 Å². The van der Waals surface area contributed by atoms with Crippen LogP contribution in [0.3, 0.4) is 0 Å². The first-order chi connectivity index (χ1) is 13.6. The van der Waals surface area contributed by atoms with E-state index < -0.39 is 6.04 Å². The topological polar surface area (TPSA) is 53.3 Å². The summed E-state index contributed by atoms with van der Waals surface area (Å²) in [6.07, 6.45) is 1.84. The number of nitrogens with zero attached hydrogens (tertiary/aromatic N) is 2. The molecule has 2 heterocycles. The fourth-order valence-electron chi connectivity index (χ4n) is 3.65. The Kier molecular flexibility index (Phi) is 6.32. The first kappa shape index (κ1) is 21.0. The highest BCUT2D eigenvalue weighted by atomic mass is 127. The Hall–Kier alpha value is -2.74. The van der Waals surface area contributed by atoms with Crippen LogP contribution in [0.15, 0.2) is 72.9 Å². The van der Waals surface area contributed by atoms with Crippen LogP contribution in [0, 0.1) is 13.8 Å². The summed E-state index contributed by atoms with van der Waals surface area (Å²) in [5.41, 5.74) is 4.22. The number of rotatable bonds is 3. The van der Waals surface area contributed by atoms with E-state index in [9.17, 15) is 9.59 Å². The smallest absolute Gasteiger partial charge is 0.294 e. The van der Waals surface area contributed by atoms with Gasteiger partial charge in [-0.25, -0.2) is 0 Å². The van der Waals surface area contributed by atoms with Crippen LogP contribution in [0.1, 0.15) is 22.9 Å². The van der Waals surface area contributed by atoms with E-state index in [2.05, 4.69) is 5.32 Å². The third kappa shape index (κ3) is 4.03. The van der Waals surface area contributed by atoms with Crippen LogP contribution < -0.4 is 38.8 Å². The molecule has 1 aliphatic heterocycles. The molecule has 5 nitrogen and oxygen atoms in total. The maximum Gasteiger partial charge on any atom is 0.294 e. The summed E-state index contributed by atoms with van der Waals surface area (Å²) in [4.78, 5) is 28.1. The van der Waals surface area contributed by atoms with Gasteiger partial charge in [0.2, 0.25) is 18.3 Å². The number of benzene rings is 2. The zero-order valence-electron chi connectivity index (χ0n) is 16.3. The van der Waals surface area contributed by atoms with Crippen molar-refractivity contribution >= 4 is 23.2 Å². The quantitative estimate of drug-likeness (QED) is 0.417. The number of amides is 2. The summed E-state index contributed by atoms with van der Waals surface area (Å²) >= 11 is 0. The predicted molar refractivity (Wildman–Crippen MR) is 108 cm³/mol. The fourth-order valence-corrected chi connectivity index (χ4v) is 3.65. The van der Waals surface area contributed by atoms with Gasteiger partial charge < -0.3 is 29.3 Å². The van der Waals surface area contributed by atoms with Crippen LogP contribution in [-0.2, 0) is 16.1 Å². The molecule has 3 aromatic rings.